The van der Waals surface area contributed by atoms with Crippen LogP contribution in [0.25, 0.3) is 0 Å². The summed E-state index contributed by atoms with van der Waals surface area (Å²) in [6.45, 7) is 3.48. The molecule has 0 aromatic carbocycles. The van der Waals surface area contributed by atoms with Crippen molar-refractivity contribution in [1.29, 1.82) is 0 Å². The van der Waals surface area contributed by atoms with Gasteiger partial charge in [0.2, 0.25) is 0 Å². The molecule has 0 atom stereocenters. The number of hydrogen-bond donors (Lipinski definition) is 1. The topological polar surface area (TPSA) is 47.1 Å². The minimum atomic E-state index is 0.541. The lowest BCUT2D eigenvalue weighted by molar-refractivity contribution is 0.327. The van der Waals surface area contributed by atoms with Gasteiger partial charge in [0.05, 0.1) is 21.4 Å². The molecule has 0 radical (unpaired) electrons. The number of aromatic nitrogens is 2. The van der Waals surface area contributed by atoms with Gasteiger partial charge in [-0.3, -0.25) is 4.68 Å². The Bertz CT molecular complexity index is 388. The summed E-state index contributed by atoms with van der Waals surface area (Å²) in [4.78, 5) is 2.67. The van der Waals surface area contributed by atoms with Crippen LogP contribution in [0, 0.1) is 6.92 Å². The summed E-state index contributed by atoms with van der Waals surface area (Å²) in [5.41, 5.74) is 7.34. The van der Waals surface area contributed by atoms with Crippen molar-refractivity contribution in [2.75, 3.05) is 13.6 Å². The Morgan fingerprint density at radius 2 is 2.25 bits per heavy atom. The number of nitrogens with zero attached hydrogens (tertiary/aromatic N) is 3. The predicted octanol–water partition coefficient (Wildman–Crippen LogP) is 1.49. The largest absolute Gasteiger partial charge is 0.393 e. The van der Waals surface area contributed by atoms with Gasteiger partial charge in [-0.1, -0.05) is 23.8 Å². The molecular weight excluding hydrogens is 244 g/mol. The Labute approximate surface area is 106 Å². The summed E-state index contributed by atoms with van der Waals surface area (Å²) in [5.74, 6) is 0. The van der Waals surface area contributed by atoms with Gasteiger partial charge in [-0.15, -0.1) is 0 Å². The third-order valence-electron chi connectivity index (χ3n) is 2.42. The van der Waals surface area contributed by atoms with Gasteiger partial charge in [-0.25, -0.2) is 0 Å². The van der Waals surface area contributed by atoms with Crippen molar-refractivity contribution in [3.05, 3.63) is 16.4 Å². The number of halogens is 1. The second-order valence-electron chi connectivity index (χ2n) is 3.92. The van der Waals surface area contributed by atoms with Gasteiger partial charge in [0.15, 0.2) is 0 Å². The maximum Gasteiger partial charge on any atom is 0.0860 e. The molecule has 16 heavy (non-hydrogen) atoms. The Morgan fingerprint density at radius 1 is 1.62 bits per heavy atom. The average Bonchev–Trinajstić information content (AvgIpc) is 2.42. The molecule has 0 aliphatic carbocycles. The minimum absolute atomic E-state index is 0.541. The Morgan fingerprint density at radius 3 is 2.69 bits per heavy atom. The average molecular weight is 261 g/mol. The van der Waals surface area contributed by atoms with Crippen LogP contribution < -0.4 is 5.73 Å². The molecule has 1 heterocycles. The van der Waals surface area contributed by atoms with E-state index < -0.39 is 0 Å². The SMILES string of the molecule is Cc1nn(C)c(CN(C)CCC(N)=S)c1Cl. The number of thiocarbonyl (C=S) groups is 1. The van der Waals surface area contributed by atoms with Crippen LogP contribution in [0.3, 0.4) is 0 Å². The molecule has 0 fully saturated rings. The Kier molecular flexibility index (Phi) is 4.70. The van der Waals surface area contributed by atoms with Crippen molar-refractivity contribution in [2.24, 2.45) is 12.8 Å². The fraction of sp³-hybridized carbons (Fsp3) is 0.600. The fourth-order valence-electron chi connectivity index (χ4n) is 1.49. The van der Waals surface area contributed by atoms with Crippen molar-refractivity contribution < 1.29 is 0 Å². The van der Waals surface area contributed by atoms with E-state index in [1.165, 1.54) is 0 Å². The highest BCUT2D eigenvalue weighted by atomic mass is 35.5. The summed E-state index contributed by atoms with van der Waals surface area (Å²) < 4.78 is 1.81. The van der Waals surface area contributed by atoms with Crippen LogP contribution in [0.2, 0.25) is 5.02 Å². The minimum Gasteiger partial charge on any atom is -0.393 e. The zero-order valence-corrected chi connectivity index (χ0v) is 11.4. The zero-order valence-electron chi connectivity index (χ0n) is 9.83. The van der Waals surface area contributed by atoms with Gasteiger partial charge in [-0.05, 0) is 14.0 Å². The molecule has 0 unspecified atom stereocenters. The third-order valence-corrected chi connectivity index (χ3v) is 3.12. The molecule has 0 bridgehead atoms. The van der Waals surface area contributed by atoms with E-state index in [-0.39, 0.29) is 0 Å². The van der Waals surface area contributed by atoms with Crippen LogP contribution in [-0.2, 0) is 13.6 Å². The van der Waals surface area contributed by atoms with E-state index in [1.54, 1.807) is 0 Å². The number of rotatable bonds is 5. The summed E-state index contributed by atoms with van der Waals surface area (Å²) in [5, 5.41) is 5.01. The lowest BCUT2D eigenvalue weighted by atomic mass is 10.3. The predicted molar refractivity (Wildman–Crippen MR) is 70.7 cm³/mol. The normalized spacial score (nSPS) is 11.1. The molecule has 0 aliphatic rings. The Balaban J connectivity index is 2.62. The lowest BCUT2D eigenvalue weighted by Gasteiger charge is -2.16. The van der Waals surface area contributed by atoms with Crippen molar-refractivity contribution in [1.82, 2.24) is 14.7 Å². The first-order valence-corrected chi connectivity index (χ1v) is 5.85. The molecule has 1 aromatic rings. The van der Waals surface area contributed by atoms with E-state index in [2.05, 4.69) is 10.00 Å². The highest BCUT2D eigenvalue weighted by Gasteiger charge is 2.12. The van der Waals surface area contributed by atoms with Gasteiger partial charge in [0, 0.05) is 26.6 Å². The summed E-state index contributed by atoms with van der Waals surface area (Å²) >= 11 is 11.0. The van der Waals surface area contributed by atoms with Crippen LogP contribution in [0.4, 0.5) is 0 Å². The van der Waals surface area contributed by atoms with Crippen molar-refractivity contribution in [3.8, 4) is 0 Å². The highest BCUT2D eigenvalue weighted by Crippen LogP contribution is 2.20. The number of aryl methyl sites for hydroxylation is 2. The van der Waals surface area contributed by atoms with Crippen molar-refractivity contribution >= 4 is 28.8 Å². The first-order chi connectivity index (χ1) is 7.41. The summed E-state index contributed by atoms with van der Waals surface area (Å²) in [6.07, 6.45) is 0.723. The first kappa shape index (κ1) is 13.4. The molecule has 0 amide bonds. The van der Waals surface area contributed by atoms with Crippen LogP contribution in [0.1, 0.15) is 17.8 Å². The maximum absolute atomic E-state index is 6.16. The molecule has 0 saturated carbocycles. The maximum atomic E-state index is 6.16. The lowest BCUT2D eigenvalue weighted by Crippen LogP contribution is -2.24. The van der Waals surface area contributed by atoms with E-state index >= 15 is 0 Å². The second-order valence-corrected chi connectivity index (χ2v) is 4.83. The van der Waals surface area contributed by atoms with Crippen molar-refractivity contribution in [2.45, 2.75) is 19.9 Å². The van der Waals surface area contributed by atoms with Gasteiger partial charge in [-0.2, -0.15) is 5.10 Å². The molecule has 2 N–H and O–H groups in total. The van der Waals surface area contributed by atoms with Gasteiger partial charge in [0.1, 0.15) is 0 Å². The number of hydrogen-bond acceptors (Lipinski definition) is 3. The second kappa shape index (κ2) is 5.61. The summed E-state index contributed by atoms with van der Waals surface area (Å²) in [6, 6.07) is 0. The number of nitrogens with two attached hydrogens (primary N) is 1. The molecule has 0 aliphatic heterocycles. The van der Waals surface area contributed by atoms with E-state index in [0.717, 1.165) is 35.9 Å². The van der Waals surface area contributed by atoms with Crippen LogP contribution in [-0.4, -0.2) is 33.3 Å². The van der Waals surface area contributed by atoms with Gasteiger partial charge in [0.25, 0.3) is 0 Å². The van der Waals surface area contributed by atoms with Crippen molar-refractivity contribution in [3.63, 3.8) is 0 Å². The van der Waals surface area contributed by atoms with Gasteiger partial charge < -0.3 is 10.6 Å². The monoisotopic (exact) mass is 260 g/mol. The van der Waals surface area contributed by atoms with E-state index in [9.17, 15) is 0 Å². The van der Waals surface area contributed by atoms with E-state index in [0.29, 0.717) is 4.99 Å². The Hall–Kier alpha value is -0.650. The standard InChI is InChI=1S/C10H17ClN4S/c1-7-10(11)8(15(3)13-7)6-14(2)5-4-9(12)16/h4-6H2,1-3H3,(H2,12,16). The van der Waals surface area contributed by atoms with Crippen LogP contribution in [0.5, 0.6) is 0 Å². The molecule has 1 aromatic heterocycles. The third kappa shape index (κ3) is 3.43. The molecule has 1 rings (SSSR count). The molecular formula is C10H17ClN4S. The zero-order chi connectivity index (χ0) is 12.3. The molecule has 90 valence electrons. The molecule has 6 heteroatoms. The van der Waals surface area contributed by atoms with Crippen LogP contribution >= 0.6 is 23.8 Å². The highest BCUT2D eigenvalue weighted by molar-refractivity contribution is 7.80. The quantitative estimate of drug-likeness (QED) is 0.815. The first-order valence-electron chi connectivity index (χ1n) is 5.06. The van der Waals surface area contributed by atoms with E-state index in [4.69, 9.17) is 29.6 Å². The summed E-state index contributed by atoms with van der Waals surface area (Å²) in [7, 11) is 3.91. The van der Waals surface area contributed by atoms with Gasteiger partial charge >= 0.3 is 0 Å². The van der Waals surface area contributed by atoms with Crippen LogP contribution in [0.15, 0.2) is 0 Å². The molecule has 0 spiro atoms. The fourth-order valence-corrected chi connectivity index (χ4v) is 1.80. The molecule has 0 saturated heterocycles. The smallest absolute Gasteiger partial charge is 0.0860 e. The molecule has 4 nitrogen and oxygen atoms in total. The van der Waals surface area contributed by atoms with E-state index in [1.807, 2.05) is 25.7 Å².